The summed E-state index contributed by atoms with van der Waals surface area (Å²) < 4.78 is 5.64. The van der Waals surface area contributed by atoms with E-state index in [2.05, 4.69) is 30.6 Å². The van der Waals surface area contributed by atoms with Crippen LogP contribution in [0.4, 0.5) is 0 Å². The molecule has 21 heavy (non-hydrogen) atoms. The minimum atomic E-state index is 0.170. The summed E-state index contributed by atoms with van der Waals surface area (Å²) in [4.78, 5) is 19.1. The SMILES string of the molecule is CC(=O)N1C[C@@H]2COCCN2C2(CN(CC(C)(C)C)C2)C1. The number of hydrogen-bond acceptors (Lipinski definition) is 4. The summed E-state index contributed by atoms with van der Waals surface area (Å²) in [7, 11) is 0. The molecule has 1 amide bonds. The molecule has 3 aliphatic heterocycles. The maximum absolute atomic E-state index is 11.9. The summed E-state index contributed by atoms with van der Waals surface area (Å²) in [5.41, 5.74) is 0.505. The lowest BCUT2D eigenvalue weighted by atomic mass is 9.81. The number of amides is 1. The highest BCUT2D eigenvalue weighted by Gasteiger charge is 2.54. The van der Waals surface area contributed by atoms with Crippen molar-refractivity contribution >= 4 is 5.91 Å². The second kappa shape index (κ2) is 5.21. The minimum Gasteiger partial charge on any atom is -0.378 e. The van der Waals surface area contributed by atoms with Crippen LogP contribution in [0.3, 0.4) is 0 Å². The number of ether oxygens (including phenoxy) is 1. The number of nitrogens with zero attached hydrogens (tertiary/aromatic N) is 3. The van der Waals surface area contributed by atoms with E-state index in [0.717, 1.165) is 52.5 Å². The Morgan fingerprint density at radius 2 is 2.00 bits per heavy atom. The highest BCUT2D eigenvalue weighted by Crippen LogP contribution is 2.36. The number of piperazine rings is 1. The molecule has 0 aromatic carbocycles. The molecule has 0 N–H and O–H groups in total. The molecule has 120 valence electrons. The summed E-state index contributed by atoms with van der Waals surface area (Å²) >= 11 is 0. The van der Waals surface area contributed by atoms with Gasteiger partial charge in [-0.1, -0.05) is 20.8 Å². The molecule has 3 heterocycles. The topological polar surface area (TPSA) is 36.0 Å². The number of carbonyl (C=O) groups is 1. The van der Waals surface area contributed by atoms with E-state index in [1.807, 2.05) is 4.90 Å². The third kappa shape index (κ3) is 2.96. The Balaban J connectivity index is 1.71. The Morgan fingerprint density at radius 1 is 1.29 bits per heavy atom. The smallest absolute Gasteiger partial charge is 0.219 e. The zero-order valence-corrected chi connectivity index (χ0v) is 13.9. The molecule has 0 unspecified atom stereocenters. The van der Waals surface area contributed by atoms with Crippen LogP contribution in [0.25, 0.3) is 0 Å². The standard InChI is InChI=1S/C16H29N3O2/c1-13(20)18-7-14-8-21-6-5-19(14)16(12-18)10-17(11-16)9-15(2,3)4/h14H,5-12H2,1-4H3/t14-/m1/s1. The van der Waals surface area contributed by atoms with Gasteiger partial charge in [-0.3, -0.25) is 14.6 Å². The molecule has 1 spiro atoms. The number of morpholine rings is 1. The first-order valence-corrected chi connectivity index (χ1v) is 8.11. The normalized spacial score (nSPS) is 30.1. The van der Waals surface area contributed by atoms with E-state index >= 15 is 0 Å². The van der Waals surface area contributed by atoms with Gasteiger partial charge >= 0.3 is 0 Å². The second-order valence-corrected chi connectivity index (χ2v) is 8.25. The van der Waals surface area contributed by atoms with E-state index in [9.17, 15) is 4.79 Å². The zero-order valence-electron chi connectivity index (χ0n) is 13.9. The van der Waals surface area contributed by atoms with Crippen LogP contribution in [0.2, 0.25) is 0 Å². The van der Waals surface area contributed by atoms with Crippen LogP contribution in [0.5, 0.6) is 0 Å². The summed E-state index contributed by atoms with van der Waals surface area (Å²) in [6.07, 6.45) is 0. The Bertz CT molecular complexity index is 412. The van der Waals surface area contributed by atoms with E-state index in [1.165, 1.54) is 0 Å². The molecule has 0 aliphatic carbocycles. The molecule has 3 fully saturated rings. The Hall–Kier alpha value is -0.650. The molecular formula is C16H29N3O2. The zero-order chi connectivity index (χ0) is 15.3. The molecule has 3 saturated heterocycles. The predicted octanol–water partition coefficient (Wildman–Crippen LogP) is 0.650. The number of hydrogen-bond donors (Lipinski definition) is 0. The maximum atomic E-state index is 11.9. The van der Waals surface area contributed by atoms with Crippen molar-refractivity contribution in [2.24, 2.45) is 5.41 Å². The molecule has 5 nitrogen and oxygen atoms in total. The van der Waals surface area contributed by atoms with Crippen molar-refractivity contribution in [3.8, 4) is 0 Å². The summed E-state index contributed by atoms with van der Waals surface area (Å²) in [5, 5.41) is 0. The number of rotatable bonds is 1. The summed E-state index contributed by atoms with van der Waals surface area (Å²) in [6.45, 7) is 16.2. The van der Waals surface area contributed by atoms with Gasteiger partial charge in [0.25, 0.3) is 0 Å². The average molecular weight is 295 g/mol. The molecule has 0 saturated carbocycles. The molecule has 0 aromatic rings. The number of carbonyl (C=O) groups excluding carboxylic acids is 1. The van der Waals surface area contributed by atoms with E-state index in [1.54, 1.807) is 6.92 Å². The fourth-order valence-electron chi connectivity index (χ4n) is 4.29. The first kappa shape index (κ1) is 15.3. The van der Waals surface area contributed by atoms with E-state index in [0.29, 0.717) is 11.5 Å². The summed E-state index contributed by atoms with van der Waals surface area (Å²) in [6, 6.07) is 0.383. The van der Waals surface area contributed by atoms with Crippen LogP contribution in [-0.4, -0.2) is 84.7 Å². The van der Waals surface area contributed by atoms with Crippen LogP contribution in [0.1, 0.15) is 27.7 Å². The van der Waals surface area contributed by atoms with Crippen LogP contribution >= 0.6 is 0 Å². The number of likely N-dealkylation sites (tertiary alicyclic amines) is 1. The molecule has 0 radical (unpaired) electrons. The van der Waals surface area contributed by atoms with E-state index in [-0.39, 0.29) is 11.4 Å². The fourth-order valence-corrected chi connectivity index (χ4v) is 4.29. The van der Waals surface area contributed by atoms with Gasteiger partial charge in [0.15, 0.2) is 0 Å². The van der Waals surface area contributed by atoms with Crippen LogP contribution in [0, 0.1) is 5.41 Å². The molecular weight excluding hydrogens is 266 g/mol. The van der Waals surface area contributed by atoms with Crippen molar-refractivity contribution in [3.63, 3.8) is 0 Å². The van der Waals surface area contributed by atoms with E-state index in [4.69, 9.17) is 4.74 Å². The fraction of sp³-hybridized carbons (Fsp3) is 0.938. The van der Waals surface area contributed by atoms with Gasteiger partial charge in [-0.2, -0.15) is 0 Å². The quantitative estimate of drug-likeness (QED) is 0.712. The van der Waals surface area contributed by atoms with Gasteiger partial charge in [0.1, 0.15) is 0 Å². The third-order valence-electron chi connectivity index (χ3n) is 4.93. The van der Waals surface area contributed by atoms with Gasteiger partial charge in [0.05, 0.1) is 24.8 Å². The van der Waals surface area contributed by atoms with Gasteiger partial charge < -0.3 is 9.64 Å². The average Bonchev–Trinajstić information content (AvgIpc) is 2.34. The van der Waals surface area contributed by atoms with Gasteiger partial charge in [-0.25, -0.2) is 0 Å². The highest BCUT2D eigenvalue weighted by atomic mass is 16.5. The first-order chi connectivity index (χ1) is 9.79. The monoisotopic (exact) mass is 295 g/mol. The lowest BCUT2D eigenvalue weighted by molar-refractivity contribution is -0.176. The van der Waals surface area contributed by atoms with Crippen LogP contribution in [0.15, 0.2) is 0 Å². The van der Waals surface area contributed by atoms with Gasteiger partial charge in [0.2, 0.25) is 5.91 Å². The summed E-state index contributed by atoms with van der Waals surface area (Å²) in [5.74, 6) is 0.203. The van der Waals surface area contributed by atoms with Crippen LogP contribution in [-0.2, 0) is 9.53 Å². The molecule has 3 rings (SSSR count). The first-order valence-electron chi connectivity index (χ1n) is 8.11. The van der Waals surface area contributed by atoms with Crippen molar-refractivity contribution in [1.82, 2.24) is 14.7 Å². The molecule has 0 bridgehead atoms. The van der Waals surface area contributed by atoms with Crippen LogP contribution < -0.4 is 0 Å². The minimum absolute atomic E-state index is 0.170. The lowest BCUT2D eigenvalue weighted by Gasteiger charge is -2.64. The molecule has 5 heteroatoms. The Labute approximate surface area is 128 Å². The van der Waals surface area contributed by atoms with Gasteiger partial charge in [0, 0.05) is 46.2 Å². The maximum Gasteiger partial charge on any atom is 0.219 e. The van der Waals surface area contributed by atoms with E-state index < -0.39 is 0 Å². The predicted molar refractivity (Wildman–Crippen MR) is 82.2 cm³/mol. The highest BCUT2D eigenvalue weighted by molar-refractivity contribution is 5.73. The van der Waals surface area contributed by atoms with Gasteiger partial charge in [-0.15, -0.1) is 0 Å². The van der Waals surface area contributed by atoms with Crippen molar-refractivity contribution in [2.75, 3.05) is 52.5 Å². The van der Waals surface area contributed by atoms with Gasteiger partial charge in [-0.05, 0) is 5.41 Å². The molecule has 0 aromatic heterocycles. The van der Waals surface area contributed by atoms with Crippen molar-refractivity contribution in [3.05, 3.63) is 0 Å². The third-order valence-corrected chi connectivity index (χ3v) is 4.93. The molecule has 1 atom stereocenters. The number of fused-ring (bicyclic) bond motifs is 2. The van der Waals surface area contributed by atoms with Crippen molar-refractivity contribution in [2.45, 2.75) is 39.3 Å². The second-order valence-electron chi connectivity index (χ2n) is 8.25. The molecule has 3 aliphatic rings. The van der Waals surface area contributed by atoms with Crippen molar-refractivity contribution < 1.29 is 9.53 Å². The Kier molecular flexibility index (Phi) is 3.79. The Morgan fingerprint density at radius 3 is 2.62 bits per heavy atom. The largest absolute Gasteiger partial charge is 0.378 e. The lowest BCUT2D eigenvalue weighted by Crippen LogP contribution is -2.81. The van der Waals surface area contributed by atoms with Crippen molar-refractivity contribution in [1.29, 1.82) is 0 Å².